The van der Waals surface area contributed by atoms with Gasteiger partial charge in [0.2, 0.25) is 5.88 Å². The van der Waals surface area contributed by atoms with Gasteiger partial charge in [-0.15, -0.1) is 0 Å². The molecule has 0 saturated heterocycles. The van der Waals surface area contributed by atoms with Crippen molar-refractivity contribution in [3.8, 4) is 11.6 Å². The maximum atomic E-state index is 5.96. The van der Waals surface area contributed by atoms with Crippen molar-refractivity contribution < 1.29 is 4.74 Å². The van der Waals surface area contributed by atoms with E-state index in [0.717, 1.165) is 29.1 Å². The smallest absolute Gasteiger partial charge is 0.227 e. The first-order chi connectivity index (χ1) is 10.1. The molecule has 0 fully saturated rings. The molecule has 21 heavy (non-hydrogen) atoms. The SMILES string of the molecule is CCc1nc(NN)c(C)c(Oc2ccc(C)nc2CC)n1. The number of nitrogen functional groups attached to an aromatic ring is 1. The van der Waals surface area contributed by atoms with Crippen molar-refractivity contribution >= 4 is 5.82 Å². The third kappa shape index (κ3) is 3.28. The molecule has 0 aromatic carbocycles. The molecule has 0 aliphatic heterocycles. The molecule has 0 radical (unpaired) electrons. The van der Waals surface area contributed by atoms with Crippen LogP contribution in [-0.4, -0.2) is 15.0 Å². The van der Waals surface area contributed by atoms with Crippen molar-refractivity contribution in [2.24, 2.45) is 5.84 Å². The predicted octanol–water partition coefficient (Wildman–Crippen LogP) is 2.69. The fraction of sp³-hybridized carbons (Fsp3) is 0.400. The quantitative estimate of drug-likeness (QED) is 0.649. The van der Waals surface area contributed by atoms with E-state index in [1.165, 1.54) is 0 Å². The lowest BCUT2D eigenvalue weighted by atomic mass is 10.2. The summed E-state index contributed by atoms with van der Waals surface area (Å²) in [5.74, 6) is 7.99. The van der Waals surface area contributed by atoms with E-state index in [1.807, 2.05) is 39.8 Å². The van der Waals surface area contributed by atoms with Crippen LogP contribution >= 0.6 is 0 Å². The number of anilines is 1. The average Bonchev–Trinajstić information content (AvgIpc) is 2.50. The van der Waals surface area contributed by atoms with Crippen molar-refractivity contribution in [3.63, 3.8) is 0 Å². The molecule has 112 valence electrons. The van der Waals surface area contributed by atoms with Crippen LogP contribution in [0.3, 0.4) is 0 Å². The zero-order chi connectivity index (χ0) is 15.4. The van der Waals surface area contributed by atoms with Crippen molar-refractivity contribution in [2.45, 2.75) is 40.5 Å². The highest BCUT2D eigenvalue weighted by atomic mass is 16.5. The minimum Gasteiger partial charge on any atom is -0.437 e. The van der Waals surface area contributed by atoms with Crippen LogP contribution in [0.15, 0.2) is 12.1 Å². The fourth-order valence-electron chi connectivity index (χ4n) is 1.99. The second-order valence-corrected chi connectivity index (χ2v) is 4.77. The lowest BCUT2D eigenvalue weighted by Crippen LogP contribution is -2.13. The standard InChI is InChI=1S/C15H21N5O/c1-5-11-12(8-7-9(3)17-11)21-15-10(4)14(20-16)18-13(6-2)19-15/h7-8H,5-6,16H2,1-4H3,(H,18,19,20). The molecule has 2 rings (SSSR count). The van der Waals surface area contributed by atoms with Gasteiger partial charge in [0.25, 0.3) is 0 Å². The molecule has 0 amide bonds. The summed E-state index contributed by atoms with van der Waals surface area (Å²) in [7, 11) is 0. The molecule has 0 aliphatic carbocycles. The minimum atomic E-state index is 0.509. The first-order valence-electron chi connectivity index (χ1n) is 7.07. The average molecular weight is 287 g/mol. The van der Waals surface area contributed by atoms with Crippen molar-refractivity contribution in [1.82, 2.24) is 15.0 Å². The van der Waals surface area contributed by atoms with Crippen molar-refractivity contribution in [2.75, 3.05) is 5.43 Å². The number of aromatic nitrogens is 3. The van der Waals surface area contributed by atoms with Crippen LogP contribution in [0.25, 0.3) is 0 Å². The van der Waals surface area contributed by atoms with E-state index < -0.39 is 0 Å². The van der Waals surface area contributed by atoms with Crippen LogP contribution in [-0.2, 0) is 12.8 Å². The van der Waals surface area contributed by atoms with Crippen LogP contribution in [0.5, 0.6) is 11.6 Å². The summed E-state index contributed by atoms with van der Waals surface area (Å²) in [5, 5.41) is 0. The predicted molar refractivity (Wildman–Crippen MR) is 82.4 cm³/mol. The van der Waals surface area contributed by atoms with Crippen molar-refractivity contribution in [1.29, 1.82) is 0 Å². The molecule has 2 aromatic rings. The number of nitrogens with two attached hydrogens (primary N) is 1. The highest BCUT2D eigenvalue weighted by molar-refractivity contribution is 5.49. The van der Waals surface area contributed by atoms with E-state index in [1.54, 1.807) is 0 Å². The minimum absolute atomic E-state index is 0.509. The lowest BCUT2D eigenvalue weighted by molar-refractivity contribution is 0.446. The third-order valence-corrected chi connectivity index (χ3v) is 3.21. The lowest BCUT2D eigenvalue weighted by Gasteiger charge is -2.14. The molecule has 0 unspecified atom stereocenters. The number of aryl methyl sites for hydroxylation is 3. The number of rotatable bonds is 5. The topological polar surface area (TPSA) is 86.0 Å². The van der Waals surface area contributed by atoms with Crippen LogP contribution in [0, 0.1) is 13.8 Å². The van der Waals surface area contributed by atoms with E-state index in [4.69, 9.17) is 10.6 Å². The molecule has 0 aliphatic rings. The first-order valence-corrected chi connectivity index (χ1v) is 7.07. The maximum Gasteiger partial charge on any atom is 0.227 e. The van der Waals surface area contributed by atoms with Gasteiger partial charge in [0.15, 0.2) is 5.75 Å². The van der Waals surface area contributed by atoms with E-state index in [2.05, 4.69) is 20.4 Å². The molecule has 0 saturated carbocycles. The number of nitrogens with one attached hydrogen (secondary N) is 1. The molecule has 6 heteroatoms. The highest BCUT2D eigenvalue weighted by Gasteiger charge is 2.13. The molecule has 0 atom stereocenters. The highest BCUT2D eigenvalue weighted by Crippen LogP contribution is 2.29. The second kappa shape index (κ2) is 6.49. The van der Waals surface area contributed by atoms with Gasteiger partial charge in [-0.1, -0.05) is 13.8 Å². The fourth-order valence-corrected chi connectivity index (χ4v) is 1.99. The Morgan fingerprint density at radius 2 is 1.86 bits per heavy atom. The monoisotopic (exact) mass is 287 g/mol. The number of hydrogen-bond acceptors (Lipinski definition) is 6. The Balaban J connectivity index is 2.43. The summed E-state index contributed by atoms with van der Waals surface area (Å²) >= 11 is 0. The molecule has 3 N–H and O–H groups in total. The Bertz CT molecular complexity index is 642. The van der Waals surface area contributed by atoms with E-state index in [-0.39, 0.29) is 0 Å². The molecule has 6 nitrogen and oxygen atoms in total. The first kappa shape index (κ1) is 15.2. The number of pyridine rings is 1. The maximum absolute atomic E-state index is 5.96. The molecule has 2 heterocycles. The van der Waals surface area contributed by atoms with Gasteiger partial charge in [-0.25, -0.2) is 10.8 Å². The summed E-state index contributed by atoms with van der Waals surface area (Å²) < 4.78 is 5.96. The number of hydrazine groups is 1. The summed E-state index contributed by atoms with van der Waals surface area (Å²) in [6.45, 7) is 7.87. The Kier molecular flexibility index (Phi) is 4.70. The van der Waals surface area contributed by atoms with Crippen LogP contribution in [0.2, 0.25) is 0 Å². The van der Waals surface area contributed by atoms with Gasteiger partial charge in [-0.3, -0.25) is 4.98 Å². The summed E-state index contributed by atoms with van der Waals surface area (Å²) in [5.41, 5.74) is 5.24. The van der Waals surface area contributed by atoms with E-state index >= 15 is 0 Å². The van der Waals surface area contributed by atoms with Crippen molar-refractivity contribution in [3.05, 3.63) is 34.9 Å². The van der Waals surface area contributed by atoms with Gasteiger partial charge in [0.1, 0.15) is 11.6 Å². The Hall–Kier alpha value is -2.21. The second-order valence-electron chi connectivity index (χ2n) is 4.77. The third-order valence-electron chi connectivity index (χ3n) is 3.21. The summed E-state index contributed by atoms with van der Waals surface area (Å²) in [4.78, 5) is 13.3. The Labute approximate surface area is 124 Å². The van der Waals surface area contributed by atoms with Gasteiger partial charge < -0.3 is 10.2 Å². The van der Waals surface area contributed by atoms with Gasteiger partial charge in [0, 0.05) is 12.1 Å². The molecule has 0 bridgehead atoms. The zero-order valence-electron chi connectivity index (χ0n) is 12.9. The number of ether oxygens (including phenoxy) is 1. The van der Waals surface area contributed by atoms with Crippen LogP contribution < -0.4 is 16.0 Å². The normalized spacial score (nSPS) is 10.5. The number of nitrogens with zero attached hydrogens (tertiary/aromatic N) is 3. The molecular weight excluding hydrogens is 266 g/mol. The summed E-state index contributed by atoms with van der Waals surface area (Å²) in [6.07, 6.45) is 1.50. The van der Waals surface area contributed by atoms with E-state index in [9.17, 15) is 0 Å². The molecular formula is C15H21N5O. The Morgan fingerprint density at radius 1 is 1.10 bits per heavy atom. The zero-order valence-corrected chi connectivity index (χ0v) is 12.9. The van der Waals surface area contributed by atoms with Gasteiger partial charge >= 0.3 is 0 Å². The van der Waals surface area contributed by atoms with Gasteiger partial charge in [-0.2, -0.15) is 4.98 Å². The van der Waals surface area contributed by atoms with E-state index in [0.29, 0.717) is 23.9 Å². The Morgan fingerprint density at radius 3 is 2.48 bits per heavy atom. The van der Waals surface area contributed by atoms with Gasteiger partial charge in [0.05, 0.1) is 11.3 Å². The summed E-state index contributed by atoms with van der Waals surface area (Å²) in [6, 6.07) is 3.84. The molecule has 2 aromatic heterocycles. The largest absolute Gasteiger partial charge is 0.437 e. The number of hydrogen-bond donors (Lipinski definition) is 2. The van der Waals surface area contributed by atoms with Crippen LogP contribution in [0.4, 0.5) is 5.82 Å². The van der Waals surface area contributed by atoms with Crippen LogP contribution in [0.1, 0.15) is 36.6 Å². The molecule has 0 spiro atoms. The van der Waals surface area contributed by atoms with Gasteiger partial charge in [-0.05, 0) is 32.4 Å².